The van der Waals surface area contributed by atoms with Gasteiger partial charge in [0.15, 0.2) is 0 Å². The van der Waals surface area contributed by atoms with Crippen LogP contribution < -0.4 is 10.5 Å². The normalized spacial score (nSPS) is 13.3. The summed E-state index contributed by atoms with van der Waals surface area (Å²) in [6, 6.07) is 0. The number of alkyl halides is 3. The molecule has 1 radical (unpaired) electrons. The molecule has 0 aliphatic heterocycles. The lowest BCUT2D eigenvalue weighted by Gasteiger charge is -2.11. The SMILES string of the molecule is CCC(C)C(=O)NCC(F)(F)F.CCC(C)C(=O)N[B]P. The van der Waals surface area contributed by atoms with Crippen molar-refractivity contribution < 1.29 is 22.8 Å². The fourth-order valence-corrected chi connectivity index (χ4v) is 1.12. The van der Waals surface area contributed by atoms with E-state index in [1.165, 1.54) is 0 Å². The number of hydrogen-bond acceptors (Lipinski definition) is 2. The topological polar surface area (TPSA) is 58.2 Å². The second-order valence-electron chi connectivity index (χ2n) is 4.63. The van der Waals surface area contributed by atoms with Crippen LogP contribution in [0.1, 0.15) is 40.5 Å². The van der Waals surface area contributed by atoms with E-state index in [2.05, 4.69) is 14.3 Å². The molecule has 2 N–H and O–H groups in total. The van der Waals surface area contributed by atoms with Gasteiger partial charge in [-0.3, -0.25) is 9.59 Å². The molecule has 0 rings (SSSR count). The van der Waals surface area contributed by atoms with Crippen LogP contribution in [0.4, 0.5) is 13.2 Å². The highest BCUT2D eigenvalue weighted by atomic mass is 31.0. The number of halogens is 3. The summed E-state index contributed by atoms with van der Waals surface area (Å²) in [6.07, 6.45) is -2.88. The van der Waals surface area contributed by atoms with E-state index in [0.717, 1.165) is 6.42 Å². The minimum absolute atomic E-state index is 0.0903. The Morgan fingerprint density at radius 1 is 1.10 bits per heavy atom. The zero-order valence-corrected chi connectivity index (χ0v) is 14.0. The van der Waals surface area contributed by atoms with Gasteiger partial charge >= 0.3 is 6.18 Å². The monoisotopic (exact) mass is 327 g/mol. The van der Waals surface area contributed by atoms with E-state index >= 15 is 0 Å². The largest absolute Gasteiger partial charge is 0.405 e. The number of nitrogens with one attached hydrogen (secondary N) is 2. The van der Waals surface area contributed by atoms with E-state index < -0.39 is 18.6 Å². The van der Waals surface area contributed by atoms with Crippen LogP contribution in [0.3, 0.4) is 0 Å². The maximum absolute atomic E-state index is 11.6. The molecule has 0 fully saturated rings. The second-order valence-corrected chi connectivity index (χ2v) is 4.96. The van der Waals surface area contributed by atoms with Crippen molar-refractivity contribution in [2.45, 2.75) is 46.7 Å². The Morgan fingerprint density at radius 2 is 1.52 bits per heavy atom. The lowest BCUT2D eigenvalue weighted by atomic mass is 10.1. The number of amides is 2. The second kappa shape index (κ2) is 11.8. The zero-order chi connectivity index (χ0) is 17.1. The van der Waals surface area contributed by atoms with Gasteiger partial charge in [0.1, 0.15) is 6.54 Å². The van der Waals surface area contributed by atoms with E-state index in [9.17, 15) is 22.8 Å². The van der Waals surface area contributed by atoms with Crippen LogP contribution in [-0.4, -0.2) is 31.7 Å². The Kier molecular flexibility index (Phi) is 12.7. The van der Waals surface area contributed by atoms with Crippen LogP contribution in [0.15, 0.2) is 0 Å². The van der Waals surface area contributed by atoms with Crippen molar-refractivity contribution in [1.82, 2.24) is 10.5 Å². The molecular weight excluding hydrogens is 303 g/mol. The van der Waals surface area contributed by atoms with Gasteiger partial charge in [-0.1, -0.05) is 27.7 Å². The molecule has 2 amide bonds. The first-order valence-corrected chi connectivity index (χ1v) is 7.43. The standard InChI is InChI=1S/C7H12F3NO.C5H12BNOP/c1-3-5(2)6(12)11-4-7(8,9)10;1-3-4(2)5(8)7-6-9/h5H,3-4H2,1-2H3,(H,11,12);4H,3,9H2,1-2H3,(H,7,8). The van der Waals surface area contributed by atoms with E-state index in [1.807, 2.05) is 19.2 Å². The van der Waals surface area contributed by atoms with Crippen molar-refractivity contribution in [2.24, 2.45) is 11.8 Å². The molecule has 0 bridgehead atoms. The predicted molar refractivity (Wildman–Crippen MR) is 81.6 cm³/mol. The maximum Gasteiger partial charge on any atom is 0.405 e. The molecule has 0 aliphatic rings. The highest BCUT2D eigenvalue weighted by Gasteiger charge is 2.28. The van der Waals surface area contributed by atoms with Crippen LogP contribution in [0.2, 0.25) is 0 Å². The van der Waals surface area contributed by atoms with Gasteiger partial charge in [-0.2, -0.15) is 22.3 Å². The third kappa shape index (κ3) is 13.9. The first-order chi connectivity index (χ1) is 9.58. The Labute approximate surface area is 127 Å². The van der Waals surface area contributed by atoms with Gasteiger partial charge < -0.3 is 10.5 Å². The smallest absolute Gasteiger partial charge is 0.399 e. The van der Waals surface area contributed by atoms with Gasteiger partial charge in [-0.25, -0.2) is 0 Å². The van der Waals surface area contributed by atoms with Crippen LogP contribution in [0, 0.1) is 11.8 Å². The fourth-order valence-electron chi connectivity index (χ4n) is 0.957. The van der Waals surface area contributed by atoms with Crippen LogP contribution >= 0.6 is 9.12 Å². The molecule has 9 heteroatoms. The van der Waals surface area contributed by atoms with Crippen LogP contribution in [-0.2, 0) is 9.59 Å². The maximum atomic E-state index is 11.6. The number of rotatable bonds is 6. The highest BCUT2D eigenvalue weighted by Crippen LogP contribution is 2.12. The molecule has 0 saturated carbocycles. The number of carbonyl (C=O) groups is 2. The molecule has 0 saturated heterocycles. The van der Waals surface area contributed by atoms with Crippen molar-refractivity contribution in [3.8, 4) is 0 Å². The van der Waals surface area contributed by atoms with Crippen molar-refractivity contribution in [3.63, 3.8) is 0 Å². The Morgan fingerprint density at radius 3 is 1.86 bits per heavy atom. The quantitative estimate of drug-likeness (QED) is 0.581. The van der Waals surface area contributed by atoms with E-state index in [1.54, 1.807) is 21.0 Å². The minimum Gasteiger partial charge on any atom is -0.399 e. The highest BCUT2D eigenvalue weighted by molar-refractivity contribution is 7.55. The Hall–Kier alpha value is -0.775. The molecule has 0 aromatic rings. The lowest BCUT2D eigenvalue weighted by Crippen LogP contribution is -2.36. The average Bonchev–Trinajstić information content (AvgIpc) is 2.43. The van der Waals surface area contributed by atoms with Crippen LogP contribution in [0.5, 0.6) is 0 Å². The van der Waals surface area contributed by atoms with Gasteiger partial charge in [0.25, 0.3) is 7.13 Å². The molecule has 3 unspecified atom stereocenters. The van der Waals surface area contributed by atoms with Crippen LogP contribution in [0.25, 0.3) is 0 Å². The Balaban J connectivity index is 0. The van der Waals surface area contributed by atoms with Gasteiger partial charge in [0.05, 0.1) is 0 Å². The first kappa shape index (κ1) is 22.5. The summed E-state index contributed by atoms with van der Waals surface area (Å²) in [6.45, 7) is 6.00. The molecule has 0 spiro atoms. The molecule has 0 heterocycles. The van der Waals surface area contributed by atoms with Crippen molar-refractivity contribution in [2.75, 3.05) is 6.54 Å². The van der Waals surface area contributed by atoms with E-state index in [-0.39, 0.29) is 17.7 Å². The summed E-state index contributed by atoms with van der Waals surface area (Å²) in [4.78, 5) is 21.6. The molecule has 0 aromatic heterocycles. The summed E-state index contributed by atoms with van der Waals surface area (Å²) in [7, 11) is 3.91. The summed E-state index contributed by atoms with van der Waals surface area (Å²) in [5.41, 5.74) is 0. The number of carbonyl (C=O) groups excluding carboxylic acids is 2. The van der Waals surface area contributed by atoms with Crippen molar-refractivity contribution >= 4 is 28.1 Å². The third-order valence-electron chi connectivity index (χ3n) is 2.81. The zero-order valence-electron chi connectivity index (χ0n) is 12.9. The summed E-state index contributed by atoms with van der Waals surface area (Å²) >= 11 is 0. The molecule has 3 atom stereocenters. The van der Waals surface area contributed by atoms with Gasteiger partial charge in [0, 0.05) is 11.8 Å². The fraction of sp³-hybridized carbons (Fsp3) is 0.833. The third-order valence-corrected chi connectivity index (χ3v) is 2.98. The summed E-state index contributed by atoms with van der Waals surface area (Å²) < 4.78 is 34.7. The molecule has 0 aromatic carbocycles. The van der Waals surface area contributed by atoms with Crippen molar-refractivity contribution in [1.29, 1.82) is 0 Å². The minimum atomic E-state index is -4.32. The predicted octanol–water partition coefficient (Wildman–Crippen LogP) is 2.27. The molecule has 0 aliphatic carbocycles. The van der Waals surface area contributed by atoms with Crippen molar-refractivity contribution in [3.05, 3.63) is 0 Å². The van der Waals surface area contributed by atoms with E-state index in [0.29, 0.717) is 6.42 Å². The first-order valence-electron chi connectivity index (χ1n) is 6.77. The lowest BCUT2D eigenvalue weighted by molar-refractivity contribution is -0.140. The molecule has 123 valence electrons. The molecule has 4 nitrogen and oxygen atoms in total. The number of hydrogen-bond donors (Lipinski definition) is 2. The Bertz CT molecular complexity index is 317. The molecular formula is C12H24BF3N2O2P. The van der Waals surface area contributed by atoms with E-state index in [4.69, 9.17) is 0 Å². The van der Waals surface area contributed by atoms with Gasteiger partial charge in [0.2, 0.25) is 11.8 Å². The molecule has 21 heavy (non-hydrogen) atoms. The average molecular weight is 327 g/mol. The van der Waals surface area contributed by atoms with Gasteiger partial charge in [-0.05, 0) is 12.8 Å². The summed E-state index contributed by atoms with van der Waals surface area (Å²) in [5, 5.41) is 4.40. The van der Waals surface area contributed by atoms with Gasteiger partial charge in [-0.15, -0.1) is 0 Å². The summed E-state index contributed by atoms with van der Waals surface area (Å²) in [5.74, 6) is -0.684.